The van der Waals surface area contributed by atoms with E-state index in [1.54, 1.807) is 6.07 Å². The number of morpholine rings is 1. The van der Waals surface area contributed by atoms with Crippen LogP contribution in [0.25, 0.3) is 0 Å². The van der Waals surface area contributed by atoms with E-state index in [1.807, 2.05) is 30.9 Å². The average Bonchev–Trinajstić information content (AvgIpc) is 2.64. The highest BCUT2D eigenvalue weighted by Gasteiger charge is 2.34. The molecule has 0 spiro atoms. The summed E-state index contributed by atoms with van der Waals surface area (Å²) < 4.78 is 32.7. The van der Waals surface area contributed by atoms with Gasteiger partial charge in [0, 0.05) is 32.1 Å². The summed E-state index contributed by atoms with van der Waals surface area (Å²) in [6.07, 6.45) is 1.17. The van der Waals surface area contributed by atoms with Crippen LogP contribution in [0.3, 0.4) is 0 Å². The number of nitrogens with zero attached hydrogens (tertiary/aromatic N) is 2. The zero-order chi connectivity index (χ0) is 18.0. The Hall–Kier alpha value is -1.44. The van der Waals surface area contributed by atoms with Gasteiger partial charge in [0.1, 0.15) is 0 Å². The van der Waals surface area contributed by atoms with Crippen molar-refractivity contribution < 1.29 is 17.9 Å². The minimum atomic E-state index is -3.50. The molecular formula is C18H26N2O4S. The van der Waals surface area contributed by atoms with Gasteiger partial charge in [-0.1, -0.05) is 12.1 Å². The van der Waals surface area contributed by atoms with Gasteiger partial charge in [-0.2, -0.15) is 4.31 Å². The number of carbonyl (C=O) groups is 1. The van der Waals surface area contributed by atoms with Gasteiger partial charge in [-0.15, -0.1) is 0 Å². The molecule has 1 amide bonds. The van der Waals surface area contributed by atoms with Crippen LogP contribution in [0, 0.1) is 19.8 Å². The van der Waals surface area contributed by atoms with Crippen LogP contribution in [-0.2, 0) is 19.6 Å². The quantitative estimate of drug-likeness (QED) is 0.814. The van der Waals surface area contributed by atoms with Crippen LogP contribution in [0.5, 0.6) is 0 Å². The molecule has 0 unspecified atom stereocenters. The molecule has 0 bridgehead atoms. The first kappa shape index (κ1) is 18.4. The summed E-state index contributed by atoms with van der Waals surface area (Å²) in [5, 5.41) is 0. The summed E-state index contributed by atoms with van der Waals surface area (Å²) in [7, 11) is -3.50. The molecule has 2 saturated heterocycles. The van der Waals surface area contributed by atoms with Crippen LogP contribution in [0.1, 0.15) is 24.0 Å². The van der Waals surface area contributed by atoms with Crippen LogP contribution in [0.2, 0.25) is 0 Å². The Bertz CT molecular complexity index is 733. The minimum absolute atomic E-state index is 0.0804. The highest BCUT2D eigenvalue weighted by molar-refractivity contribution is 7.89. The van der Waals surface area contributed by atoms with E-state index in [1.165, 1.54) is 4.31 Å². The topological polar surface area (TPSA) is 66.9 Å². The van der Waals surface area contributed by atoms with Gasteiger partial charge in [-0.3, -0.25) is 4.79 Å². The predicted octanol–water partition coefficient (Wildman–Crippen LogP) is 1.56. The number of ether oxygens (including phenoxy) is 1. The maximum atomic E-state index is 13.0. The highest BCUT2D eigenvalue weighted by Crippen LogP contribution is 2.27. The minimum Gasteiger partial charge on any atom is -0.378 e. The normalized spacial score (nSPS) is 20.6. The number of aryl methyl sites for hydroxylation is 2. The molecule has 0 radical (unpaired) electrons. The van der Waals surface area contributed by atoms with Gasteiger partial charge in [0.05, 0.1) is 18.1 Å². The maximum Gasteiger partial charge on any atom is 0.243 e. The second kappa shape index (κ2) is 7.43. The number of hydrogen-bond acceptors (Lipinski definition) is 4. The smallest absolute Gasteiger partial charge is 0.243 e. The van der Waals surface area contributed by atoms with Gasteiger partial charge < -0.3 is 9.64 Å². The number of rotatable bonds is 3. The van der Waals surface area contributed by atoms with Gasteiger partial charge in [0.2, 0.25) is 15.9 Å². The number of carbonyl (C=O) groups excluding carboxylic acids is 1. The molecule has 0 atom stereocenters. The standard InChI is InChI=1S/C18H26N2O4S/c1-14-3-4-15(2)17(13-14)25(22,23)20-7-5-16(6-8-20)18(21)19-9-11-24-12-10-19/h3-4,13,16H,5-12H2,1-2H3. The molecule has 2 aliphatic heterocycles. The summed E-state index contributed by atoms with van der Waals surface area (Å²) >= 11 is 0. The van der Waals surface area contributed by atoms with E-state index in [2.05, 4.69) is 0 Å². The molecule has 0 N–H and O–H groups in total. The van der Waals surface area contributed by atoms with Crippen molar-refractivity contribution in [3.8, 4) is 0 Å². The zero-order valence-electron chi connectivity index (χ0n) is 14.9. The van der Waals surface area contributed by atoms with E-state index >= 15 is 0 Å². The Morgan fingerprint density at radius 3 is 2.36 bits per heavy atom. The molecule has 25 heavy (non-hydrogen) atoms. The molecule has 7 heteroatoms. The van der Waals surface area contributed by atoms with Crippen LogP contribution < -0.4 is 0 Å². The van der Waals surface area contributed by atoms with E-state index in [-0.39, 0.29) is 11.8 Å². The molecule has 138 valence electrons. The molecule has 6 nitrogen and oxygen atoms in total. The first-order valence-corrected chi connectivity index (χ1v) is 10.3. The van der Waals surface area contributed by atoms with Gasteiger partial charge in [-0.05, 0) is 43.9 Å². The Labute approximate surface area is 149 Å². The molecule has 0 aromatic heterocycles. The fourth-order valence-electron chi connectivity index (χ4n) is 3.51. The van der Waals surface area contributed by atoms with E-state index in [4.69, 9.17) is 4.74 Å². The first-order valence-electron chi connectivity index (χ1n) is 8.83. The van der Waals surface area contributed by atoms with Crippen molar-refractivity contribution in [2.75, 3.05) is 39.4 Å². The van der Waals surface area contributed by atoms with E-state index in [9.17, 15) is 13.2 Å². The third kappa shape index (κ3) is 3.88. The highest BCUT2D eigenvalue weighted by atomic mass is 32.2. The number of hydrogen-bond donors (Lipinski definition) is 0. The summed E-state index contributed by atoms with van der Waals surface area (Å²) in [4.78, 5) is 14.8. The Balaban J connectivity index is 1.67. The van der Waals surface area contributed by atoms with Crippen LogP contribution in [0.15, 0.2) is 23.1 Å². The second-order valence-corrected chi connectivity index (χ2v) is 8.79. The van der Waals surface area contributed by atoms with Crippen molar-refractivity contribution in [1.82, 2.24) is 9.21 Å². The second-order valence-electron chi connectivity index (χ2n) is 6.88. The summed E-state index contributed by atoms with van der Waals surface area (Å²) in [6, 6.07) is 5.49. The number of benzene rings is 1. The summed E-state index contributed by atoms with van der Waals surface area (Å²) in [5.74, 6) is 0.0650. The van der Waals surface area contributed by atoms with Gasteiger partial charge >= 0.3 is 0 Å². The molecule has 1 aromatic rings. The van der Waals surface area contributed by atoms with Gasteiger partial charge in [-0.25, -0.2) is 8.42 Å². The van der Waals surface area contributed by atoms with Crippen LogP contribution in [0.4, 0.5) is 0 Å². The molecule has 0 saturated carbocycles. The lowest BCUT2D eigenvalue weighted by Gasteiger charge is -2.35. The zero-order valence-corrected chi connectivity index (χ0v) is 15.7. The third-order valence-corrected chi connectivity index (χ3v) is 7.13. The third-order valence-electron chi connectivity index (χ3n) is 5.09. The maximum absolute atomic E-state index is 13.0. The van der Waals surface area contributed by atoms with Crippen molar-refractivity contribution in [1.29, 1.82) is 0 Å². The summed E-state index contributed by atoms with van der Waals surface area (Å²) in [6.45, 7) is 6.97. The fourth-order valence-corrected chi connectivity index (χ4v) is 5.29. The van der Waals surface area contributed by atoms with Crippen LogP contribution in [-0.4, -0.2) is 62.9 Å². The molecule has 0 aliphatic carbocycles. The monoisotopic (exact) mass is 366 g/mol. The molecule has 1 aromatic carbocycles. The van der Waals surface area contributed by atoms with Crippen molar-refractivity contribution in [3.05, 3.63) is 29.3 Å². The number of amides is 1. The number of sulfonamides is 1. The Morgan fingerprint density at radius 1 is 1.08 bits per heavy atom. The van der Waals surface area contributed by atoms with Gasteiger partial charge in [0.25, 0.3) is 0 Å². The molecule has 2 aliphatic rings. The van der Waals surface area contributed by atoms with Crippen molar-refractivity contribution in [3.63, 3.8) is 0 Å². The first-order chi connectivity index (χ1) is 11.9. The van der Waals surface area contributed by atoms with E-state index in [0.717, 1.165) is 11.1 Å². The Kier molecular flexibility index (Phi) is 5.46. The largest absolute Gasteiger partial charge is 0.378 e. The molecular weight excluding hydrogens is 340 g/mol. The van der Waals surface area contributed by atoms with Gasteiger partial charge in [0.15, 0.2) is 0 Å². The number of piperidine rings is 1. The van der Waals surface area contributed by atoms with Crippen molar-refractivity contribution in [2.24, 2.45) is 5.92 Å². The predicted molar refractivity (Wildman–Crippen MR) is 94.8 cm³/mol. The lowest BCUT2D eigenvalue weighted by molar-refractivity contribution is -0.140. The molecule has 3 rings (SSSR count). The van der Waals surface area contributed by atoms with Crippen LogP contribution >= 0.6 is 0 Å². The van der Waals surface area contributed by atoms with E-state index in [0.29, 0.717) is 57.1 Å². The molecule has 2 heterocycles. The lowest BCUT2D eigenvalue weighted by atomic mass is 9.96. The summed E-state index contributed by atoms with van der Waals surface area (Å²) in [5.41, 5.74) is 1.69. The van der Waals surface area contributed by atoms with Crippen molar-refractivity contribution >= 4 is 15.9 Å². The average molecular weight is 366 g/mol. The van der Waals surface area contributed by atoms with Crippen molar-refractivity contribution in [2.45, 2.75) is 31.6 Å². The Morgan fingerprint density at radius 2 is 1.72 bits per heavy atom. The SMILES string of the molecule is Cc1ccc(C)c(S(=O)(=O)N2CCC(C(=O)N3CCOCC3)CC2)c1. The fraction of sp³-hybridized carbons (Fsp3) is 0.611. The lowest BCUT2D eigenvalue weighted by Crippen LogP contribution is -2.47. The van der Waals surface area contributed by atoms with E-state index < -0.39 is 10.0 Å². The molecule has 2 fully saturated rings.